The van der Waals surface area contributed by atoms with Crippen LogP contribution >= 0.6 is 31.9 Å². The molecule has 1 atom stereocenters. The molecule has 2 nitrogen and oxygen atoms in total. The number of hydrogen-bond donors (Lipinski definition) is 0. The Bertz CT molecular complexity index is 626. The smallest absolute Gasteiger partial charge is 0.202 e. The van der Waals surface area contributed by atoms with Gasteiger partial charge in [0.1, 0.15) is 0 Å². The normalized spacial score (nSPS) is 12.0. The fourth-order valence-electron chi connectivity index (χ4n) is 1.66. The fourth-order valence-corrected chi connectivity index (χ4v) is 2.26. The van der Waals surface area contributed by atoms with Gasteiger partial charge in [-0.25, -0.2) is 4.39 Å². The predicted molar refractivity (Wildman–Crippen MR) is 82.7 cm³/mol. The zero-order valence-corrected chi connectivity index (χ0v) is 13.7. The predicted octanol–water partition coefficient (Wildman–Crippen LogP) is 5.00. The number of Topliss-reactive ketones (excluding diaryl/α,β-unsaturated/α-hetero) is 1. The van der Waals surface area contributed by atoms with Gasteiger partial charge in [0, 0.05) is 14.5 Å². The van der Waals surface area contributed by atoms with Crippen LogP contribution in [-0.4, -0.2) is 11.9 Å². The molecule has 0 aromatic heterocycles. The summed E-state index contributed by atoms with van der Waals surface area (Å²) in [6.07, 6.45) is -0.758. The average molecular weight is 402 g/mol. The molecule has 0 saturated heterocycles. The Balaban J connectivity index is 2.13. The molecule has 1 unspecified atom stereocenters. The van der Waals surface area contributed by atoms with E-state index >= 15 is 0 Å². The molecule has 0 saturated carbocycles. The zero-order valence-electron chi connectivity index (χ0n) is 10.6. The van der Waals surface area contributed by atoms with Crippen molar-refractivity contribution in [1.29, 1.82) is 0 Å². The second-order valence-corrected chi connectivity index (χ2v) is 6.04. The van der Waals surface area contributed by atoms with E-state index in [4.69, 9.17) is 4.74 Å². The fraction of sp³-hybridized carbons (Fsp3) is 0.133. The molecule has 2 rings (SSSR count). The highest BCUT2D eigenvalue weighted by Gasteiger charge is 2.18. The molecule has 0 amide bonds. The number of halogens is 3. The van der Waals surface area contributed by atoms with E-state index in [9.17, 15) is 9.18 Å². The number of carbonyl (C=O) groups is 1. The van der Waals surface area contributed by atoms with Crippen LogP contribution in [0.2, 0.25) is 0 Å². The number of rotatable bonds is 4. The Morgan fingerprint density at radius 3 is 2.30 bits per heavy atom. The van der Waals surface area contributed by atoms with E-state index < -0.39 is 11.9 Å². The number of ether oxygens (including phenoxy) is 1. The lowest BCUT2D eigenvalue weighted by Gasteiger charge is -2.14. The molecule has 2 aromatic carbocycles. The minimum absolute atomic E-state index is 0.0613. The summed E-state index contributed by atoms with van der Waals surface area (Å²) in [5, 5.41) is 0. The Kier molecular flexibility index (Phi) is 4.94. The summed E-state index contributed by atoms with van der Waals surface area (Å²) in [5.74, 6) is -0.638. The third-order valence-corrected chi connectivity index (χ3v) is 3.72. The van der Waals surface area contributed by atoms with Crippen molar-refractivity contribution in [2.45, 2.75) is 13.0 Å². The minimum Gasteiger partial charge on any atom is -0.479 e. The van der Waals surface area contributed by atoms with Gasteiger partial charge < -0.3 is 4.74 Å². The van der Waals surface area contributed by atoms with Crippen molar-refractivity contribution in [2.24, 2.45) is 0 Å². The second-order valence-electron chi connectivity index (χ2n) is 4.21. The van der Waals surface area contributed by atoms with Crippen molar-refractivity contribution < 1.29 is 13.9 Å². The van der Waals surface area contributed by atoms with Crippen LogP contribution in [0.3, 0.4) is 0 Å². The summed E-state index contributed by atoms with van der Waals surface area (Å²) >= 11 is 6.47. The van der Waals surface area contributed by atoms with E-state index in [0.29, 0.717) is 10.0 Å². The molecule has 0 aliphatic carbocycles. The SMILES string of the molecule is CC(Oc1ccc(Br)cc1F)C(=O)c1ccc(Br)cc1. The van der Waals surface area contributed by atoms with Gasteiger partial charge in [-0.3, -0.25) is 4.79 Å². The molecule has 0 aliphatic heterocycles. The van der Waals surface area contributed by atoms with Crippen LogP contribution in [0.1, 0.15) is 17.3 Å². The lowest BCUT2D eigenvalue weighted by molar-refractivity contribution is 0.0812. The van der Waals surface area contributed by atoms with Gasteiger partial charge in [-0.05, 0) is 37.3 Å². The number of hydrogen-bond acceptors (Lipinski definition) is 2. The van der Waals surface area contributed by atoms with E-state index in [1.54, 1.807) is 37.3 Å². The summed E-state index contributed by atoms with van der Waals surface area (Å²) in [4.78, 5) is 12.2. The molecule has 104 valence electrons. The van der Waals surface area contributed by atoms with Crippen LogP contribution in [0.4, 0.5) is 4.39 Å². The number of ketones is 1. The van der Waals surface area contributed by atoms with Gasteiger partial charge in [-0.1, -0.05) is 44.0 Å². The summed E-state index contributed by atoms with van der Waals surface area (Å²) in [6, 6.07) is 11.4. The van der Waals surface area contributed by atoms with Crippen LogP contribution in [0, 0.1) is 5.82 Å². The van der Waals surface area contributed by atoms with Crippen LogP contribution in [0.5, 0.6) is 5.75 Å². The highest BCUT2D eigenvalue weighted by molar-refractivity contribution is 9.10. The molecular formula is C15H11Br2FO2. The van der Waals surface area contributed by atoms with Gasteiger partial charge >= 0.3 is 0 Å². The molecular weight excluding hydrogens is 391 g/mol. The molecule has 0 heterocycles. The van der Waals surface area contributed by atoms with Crippen molar-refractivity contribution in [1.82, 2.24) is 0 Å². The Morgan fingerprint density at radius 1 is 1.10 bits per heavy atom. The first-order chi connectivity index (χ1) is 9.47. The molecule has 20 heavy (non-hydrogen) atoms. The summed E-state index contributed by atoms with van der Waals surface area (Å²) in [7, 11) is 0. The van der Waals surface area contributed by atoms with Crippen LogP contribution in [0.25, 0.3) is 0 Å². The topological polar surface area (TPSA) is 26.3 Å². The van der Waals surface area contributed by atoms with E-state index in [0.717, 1.165) is 4.47 Å². The van der Waals surface area contributed by atoms with Crippen molar-refractivity contribution >= 4 is 37.6 Å². The van der Waals surface area contributed by atoms with Gasteiger partial charge in [-0.15, -0.1) is 0 Å². The lowest BCUT2D eigenvalue weighted by Crippen LogP contribution is -2.24. The molecule has 2 aromatic rings. The molecule has 0 radical (unpaired) electrons. The maximum atomic E-state index is 13.7. The monoisotopic (exact) mass is 400 g/mol. The molecule has 5 heteroatoms. The van der Waals surface area contributed by atoms with Crippen molar-refractivity contribution in [3.05, 3.63) is 62.8 Å². The zero-order chi connectivity index (χ0) is 14.7. The van der Waals surface area contributed by atoms with Crippen LogP contribution < -0.4 is 4.74 Å². The molecule has 0 spiro atoms. The van der Waals surface area contributed by atoms with E-state index in [1.165, 1.54) is 12.1 Å². The summed E-state index contributed by atoms with van der Waals surface area (Å²) < 4.78 is 20.6. The molecule has 0 fully saturated rings. The largest absolute Gasteiger partial charge is 0.479 e. The first-order valence-electron chi connectivity index (χ1n) is 5.89. The van der Waals surface area contributed by atoms with Gasteiger partial charge in [0.15, 0.2) is 17.7 Å². The number of carbonyl (C=O) groups excluding carboxylic acids is 1. The second kappa shape index (κ2) is 6.50. The standard InChI is InChI=1S/C15H11Br2FO2/c1-9(15(19)10-2-4-11(16)5-3-10)20-14-7-6-12(17)8-13(14)18/h2-9H,1H3. The van der Waals surface area contributed by atoms with E-state index in [2.05, 4.69) is 31.9 Å². The third-order valence-electron chi connectivity index (χ3n) is 2.70. The van der Waals surface area contributed by atoms with Gasteiger partial charge in [0.25, 0.3) is 0 Å². The highest BCUT2D eigenvalue weighted by Crippen LogP contribution is 2.23. The Labute approximate surface area is 133 Å². The van der Waals surface area contributed by atoms with Gasteiger partial charge in [0.05, 0.1) is 0 Å². The Morgan fingerprint density at radius 2 is 1.70 bits per heavy atom. The van der Waals surface area contributed by atoms with Gasteiger partial charge in [-0.2, -0.15) is 0 Å². The van der Waals surface area contributed by atoms with Crippen LogP contribution in [0.15, 0.2) is 51.4 Å². The lowest BCUT2D eigenvalue weighted by atomic mass is 10.1. The molecule has 0 bridgehead atoms. The van der Waals surface area contributed by atoms with Crippen molar-refractivity contribution in [3.63, 3.8) is 0 Å². The summed E-state index contributed by atoms with van der Waals surface area (Å²) in [6.45, 7) is 1.60. The van der Waals surface area contributed by atoms with Crippen molar-refractivity contribution in [3.8, 4) is 5.75 Å². The summed E-state index contributed by atoms with van der Waals surface area (Å²) in [5.41, 5.74) is 0.526. The van der Waals surface area contributed by atoms with Gasteiger partial charge in [0.2, 0.25) is 5.78 Å². The molecule has 0 aliphatic rings. The number of benzene rings is 2. The first kappa shape index (κ1) is 15.2. The Hall–Kier alpha value is -1.20. The maximum absolute atomic E-state index is 13.7. The van der Waals surface area contributed by atoms with Crippen molar-refractivity contribution in [2.75, 3.05) is 0 Å². The quantitative estimate of drug-likeness (QED) is 0.673. The van der Waals surface area contributed by atoms with E-state index in [1.807, 2.05) is 0 Å². The minimum atomic E-state index is -0.758. The van der Waals surface area contributed by atoms with Crippen LogP contribution in [-0.2, 0) is 0 Å². The van der Waals surface area contributed by atoms with E-state index in [-0.39, 0.29) is 11.5 Å². The first-order valence-corrected chi connectivity index (χ1v) is 7.47. The highest BCUT2D eigenvalue weighted by atomic mass is 79.9. The average Bonchev–Trinajstić information content (AvgIpc) is 2.42. The third kappa shape index (κ3) is 3.67. The molecule has 0 N–H and O–H groups in total. The maximum Gasteiger partial charge on any atom is 0.202 e.